The van der Waals surface area contributed by atoms with Gasteiger partial charge in [-0.1, -0.05) is 30.0 Å². The number of amides is 1. The third-order valence-electron chi connectivity index (χ3n) is 6.43. The van der Waals surface area contributed by atoms with Crippen LogP contribution in [-0.4, -0.2) is 72.9 Å². The smallest absolute Gasteiger partial charge is 0.254 e. The number of amidine groups is 1. The summed E-state index contributed by atoms with van der Waals surface area (Å²) in [6.07, 6.45) is 0. The van der Waals surface area contributed by atoms with Crippen molar-refractivity contribution in [1.29, 1.82) is 0 Å². The summed E-state index contributed by atoms with van der Waals surface area (Å²) in [4.78, 5) is 22.1. The minimum atomic E-state index is -2.97. The van der Waals surface area contributed by atoms with Crippen molar-refractivity contribution >= 4 is 44.0 Å². The van der Waals surface area contributed by atoms with Crippen LogP contribution in [0.5, 0.6) is 0 Å². The van der Waals surface area contributed by atoms with Crippen molar-refractivity contribution in [2.45, 2.75) is 31.2 Å². The monoisotopic (exact) mass is 484 g/mol. The molecular formula is C24H28N4O3S2. The van der Waals surface area contributed by atoms with Crippen molar-refractivity contribution in [2.24, 2.45) is 4.99 Å². The number of nitrogens with zero attached hydrogens (tertiary/aromatic N) is 3. The molecule has 2 saturated heterocycles. The average molecular weight is 485 g/mol. The molecule has 174 valence electrons. The number of rotatable bonds is 3. The van der Waals surface area contributed by atoms with Crippen LogP contribution in [0.4, 0.5) is 11.4 Å². The minimum Gasteiger partial charge on any atom is -0.365 e. The summed E-state index contributed by atoms with van der Waals surface area (Å²) < 4.78 is 23.5. The summed E-state index contributed by atoms with van der Waals surface area (Å²) in [6, 6.07) is 16.0. The number of aryl methyl sites for hydroxylation is 1. The highest BCUT2D eigenvalue weighted by Crippen LogP contribution is 2.34. The van der Waals surface area contributed by atoms with Gasteiger partial charge in [-0.2, -0.15) is 0 Å². The molecule has 3 unspecified atom stereocenters. The van der Waals surface area contributed by atoms with E-state index in [0.717, 1.165) is 17.4 Å². The normalized spacial score (nSPS) is 26.1. The fourth-order valence-corrected chi connectivity index (χ4v) is 8.46. The SMILES string of the molecule is Cc1cccc(N2CCN(C(=O)c3cccc(NC4=NC5CS(=O)(=O)CC5S4)c3)CC2C)c1. The lowest BCUT2D eigenvalue weighted by Gasteiger charge is -2.41. The lowest BCUT2D eigenvalue weighted by atomic mass is 10.1. The number of carbonyl (C=O) groups excluding carboxylic acids is 1. The van der Waals surface area contributed by atoms with Gasteiger partial charge in [0.05, 0.1) is 17.5 Å². The summed E-state index contributed by atoms with van der Waals surface area (Å²) in [5.74, 6) is 0.335. The fourth-order valence-electron chi connectivity index (χ4n) is 4.78. The molecule has 7 nitrogen and oxygen atoms in total. The van der Waals surface area contributed by atoms with Crippen molar-refractivity contribution in [1.82, 2.24) is 4.90 Å². The van der Waals surface area contributed by atoms with Gasteiger partial charge in [-0.3, -0.25) is 9.79 Å². The lowest BCUT2D eigenvalue weighted by Crippen LogP contribution is -2.53. The number of anilines is 2. The maximum Gasteiger partial charge on any atom is 0.254 e. The minimum absolute atomic E-state index is 0.00602. The van der Waals surface area contributed by atoms with Crippen LogP contribution in [0, 0.1) is 6.92 Å². The van der Waals surface area contributed by atoms with Crippen molar-refractivity contribution < 1.29 is 13.2 Å². The van der Waals surface area contributed by atoms with Gasteiger partial charge in [0.25, 0.3) is 5.91 Å². The Kier molecular flexibility index (Phi) is 5.86. The highest BCUT2D eigenvalue weighted by Gasteiger charge is 2.42. The number of piperazine rings is 1. The molecule has 0 saturated carbocycles. The first-order valence-corrected chi connectivity index (χ1v) is 13.9. The van der Waals surface area contributed by atoms with E-state index in [1.54, 1.807) is 0 Å². The Morgan fingerprint density at radius 3 is 2.70 bits per heavy atom. The van der Waals surface area contributed by atoms with E-state index < -0.39 is 9.84 Å². The third-order valence-corrected chi connectivity index (χ3v) is 9.57. The Bertz CT molecular complexity index is 1210. The number of sulfone groups is 1. The third kappa shape index (κ3) is 4.75. The van der Waals surface area contributed by atoms with Gasteiger partial charge in [-0.25, -0.2) is 8.42 Å². The van der Waals surface area contributed by atoms with E-state index in [1.807, 2.05) is 29.2 Å². The van der Waals surface area contributed by atoms with E-state index in [1.165, 1.54) is 23.0 Å². The lowest BCUT2D eigenvalue weighted by molar-refractivity contribution is 0.0726. The zero-order valence-electron chi connectivity index (χ0n) is 18.8. The van der Waals surface area contributed by atoms with Crippen LogP contribution in [-0.2, 0) is 9.84 Å². The molecule has 2 fully saturated rings. The molecule has 0 bridgehead atoms. The number of thioether (sulfide) groups is 1. The number of benzene rings is 2. The van der Waals surface area contributed by atoms with Crippen LogP contribution in [0.25, 0.3) is 0 Å². The average Bonchev–Trinajstić information content (AvgIpc) is 3.25. The molecule has 33 heavy (non-hydrogen) atoms. The van der Waals surface area contributed by atoms with Gasteiger partial charge in [0.1, 0.15) is 0 Å². The van der Waals surface area contributed by atoms with Gasteiger partial charge in [0.2, 0.25) is 0 Å². The van der Waals surface area contributed by atoms with E-state index in [2.05, 4.69) is 53.3 Å². The molecule has 0 aliphatic carbocycles. The van der Waals surface area contributed by atoms with Gasteiger partial charge in [0.15, 0.2) is 15.0 Å². The largest absolute Gasteiger partial charge is 0.365 e. The summed E-state index contributed by atoms with van der Waals surface area (Å²) >= 11 is 1.48. The van der Waals surface area contributed by atoms with Crippen molar-refractivity contribution in [2.75, 3.05) is 41.4 Å². The Morgan fingerprint density at radius 2 is 1.94 bits per heavy atom. The standard InChI is InChI=1S/C24H28N4O3S2/c1-16-5-3-8-20(11-16)28-10-9-27(13-17(28)2)23(29)18-6-4-7-19(12-18)25-24-26-21-14-33(30,31)15-22(21)32-24/h3-8,11-12,17,21-22H,9-10,13-15H2,1-2H3,(H,25,26). The number of aliphatic imine (C=N–C) groups is 1. The first-order valence-electron chi connectivity index (χ1n) is 11.2. The summed E-state index contributed by atoms with van der Waals surface area (Å²) in [6.45, 7) is 6.40. The molecule has 3 atom stereocenters. The highest BCUT2D eigenvalue weighted by molar-refractivity contribution is 8.15. The van der Waals surface area contributed by atoms with Crippen LogP contribution < -0.4 is 10.2 Å². The van der Waals surface area contributed by atoms with E-state index in [0.29, 0.717) is 18.7 Å². The van der Waals surface area contributed by atoms with Gasteiger partial charge in [-0.05, 0) is 49.7 Å². The highest BCUT2D eigenvalue weighted by atomic mass is 32.2. The molecular weight excluding hydrogens is 456 g/mol. The first kappa shape index (κ1) is 22.3. The molecule has 1 amide bonds. The maximum absolute atomic E-state index is 13.2. The predicted octanol–water partition coefficient (Wildman–Crippen LogP) is 3.03. The summed E-state index contributed by atoms with van der Waals surface area (Å²) in [5, 5.41) is 4.00. The van der Waals surface area contributed by atoms with Gasteiger partial charge >= 0.3 is 0 Å². The fraction of sp³-hybridized carbons (Fsp3) is 0.417. The summed E-state index contributed by atoms with van der Waals surface area (Å²) in [7, 11) is -2.97. The Labute approximate surface area is 199 Å². The second kappa shape index (κ2) is 8.68. The van der Waals surface area contributed by atoms with Crippen molar-refractivity contribution in [3.63, 3.8) is 0 Å². The van der Waals surface area contributed by atoms with Crippen LogP contribution in [0.1, 0.15) is 22.8 Å². The number of nitrogens with one attached hydrogen (secondary N) is 1. The van der Waals surface area contributed by atoms with Crippen LogP contribution in [0.2, 0.25) is 0 Å². The number of carbonyl (C=O) groups is 1. The zero-order chi connectivity index (χ0) is 23.2. The molecule has 3 heterocycles. The van der Waals surface area contributed by atoms with Crippen LogP contribution in [0.15, 0.2) is 53.5 Å². The molecule has 1 N–H and O–H groups in total. The molecule has 5 rings (SSSR count). The Hall–Kier alpha value is -2.52. The Balaban J connectivity index is 1.24. The van der Waals surface area contributed by atoms with Gasteiger partial charge < -0.3 is 15.1 Å². The molecule has 0 aromatic heterocycles. The maximum atomic E-state index is 13.2. The molecule has 2 aromatic carbocycles. The quantitative estimate of drug-likeness (QED) is 0.721. The van der Waals surface area contributed by atoms with Crippen LogP contribution in [0.3, 0.4) is 0 Å². The molecule has 0 radical (unpaired) electrons. The van der Waals surface area contributed by atoms with Gasteiger partial charge in [0, 0.05) is 47.9 Å². The molecule has 0 spiro atoms. The van der Waals surface area contributed by atoms with E-state index in [9.17, 15) is 13.2 Å². The number of hydrogen-bond donors (Lipinski definition) is 1. The molecule has 3 aliphatic rings. The number of fused-ring (bicyclic) bond motifs is 1. The number of hydrogen-bond acceptors (Lipinski definition) is 7. The summed E-state index contributed by atoms with van der Waals surface area (Å²) in [5.41, 5.74) is 3.87. The molecule has 2 aromatic rings. The van der Waals surface area contributed by atoms with Crippen molar-refractivity contribution in [3.05, 3.63) is 59.7 Å². The van der Waals surface area contributed by atoms with E-state index in [4.69, 9.17) is 0 Å². The van der Waals surface area contributed by atoms with Gasteiger partial charge in [-0.15, -0.1) is 0 Å². The Morgan fingerprint density at radius 1 is 1.12 bits per heavy atom. The van der Waals surface area contributed by atoms with E-state index in [-0.39, 0.29) is 34.7 Å². The second-order valence-electron chi connectivity index (χ2n) is 9.07. The van der Waals surface area contributed by atoms with E-state index >= 15 is 0 Å². The predicted molar refractivity (Wildman–Crippen MR) is 135 cm³/mol. The molecule has 3 aliphatic heterocycles. The van der Waals surface area contributed by atoms with Crippen LogP contribution >= 0.6 is 11.8 Å². The first-order chi connectivity index (χ1) is 15.8. The zero-order valence-corrected chi connectivity index (χ0v) is 20.4. The second-order valence-corrected chi connectivity index (χ2v) is 12.5. The molecule has 9 heteroatoms. The topological polar surface area (TPSA) is 82.1 Å². The van der Waals surface area contributed by atoms with Crippen molar-refractivity contribution in [3.8, 4) is 0 Å².